The van der Waals surface area contributed by atoms with Crippen molar-refractivity contribution < 1.29 is 24.9 Å². The minimum Gasteiger partial charge on any atom is -0.386 e. The SMILES string of the molecule is CCCCC/C=C\CC(C(O)CC(O)C(CCCCC=O)[N+](=O)[O-])[N+](=O)[O-]. The number of hydrogen-bond acceptors (Lipinski definition) is 7. The van der Waals surface area contributed by atoms with E-state index < -0.39 is 40.6 Å². The van der Waals surface area contributed by atoms with Gasteiger partial charge in [-0.25, -0.2) is 0 Å². The Hall–Kier alpha value is -1.87. The van der Waals surface area contributed by atoms with Crippen molar-refractivity contribution in [1.82, 2.24) is 0 Å². The summed E-state index contributed by atoms with van der Waals surface area (Å²) in [4.78, 5) is 31.4. The van der Waals surface area contributed by atoms with E-state index in [1.807, 2.05) is 6.08 Å². The van der Waals surface area contributed by atoms with Crippen LogP contribution in [0.4, 0.5) is 0 Å². The lowest BCUT2D eigenvalue weighted by molar-refractivity contribution is -0.543. The summed E-state index contributed by atoms with van der Waals surface area (Å²) in [6.07, 6.45) is 5.96. The molecule has 0 aromatic carbocycles. The van der Waals surface area contributed by atoms with Gasteiger partial charge in [0.25, 0.3) is 0 Å². The molecule has 4 unspecified atom stereocenters. The van der Waals surface area contributed by atoms with Gasteiger partial charge in [-0.1, -0.05) is 31.9 Å². The summed E-state index contributed by atoms with van der Waals surface area (Å²) in [5.74, 6) is 0. The third-order valence-corrected chi connectivity index (χ3v) is 4.50. The topological polar surface area (TPSA) is 144 Å². The van der Waals surface area contributed by atoms with E-state index in [9.17, 15) is 35.2 Å². The summed E-state index contributed by atoms with van der Waals surface area (Å²) in [6.45, 7) is 2.08. The van der Waals surface area contributed by atoms with E-state index in [1.165, 1.54) is 0 Å². The van der Waals surface area contributed by atoms with Gasteiger partial charge in [-0.15, -0.1) is 0 Å². The highest BCUT2D eigenvalue weighted by molar-refractivity contribution is 5.48. The van der Waals surface area contributed by atoms with Gasteiger partial charge in [-0.05, 0) is 25.7 Å². The van der Waals surface area contributed by atoms with Crippen LogP contribution in [-0.2, 0) is 4.79 Å². The Morgan fingerprint density at radius 1 is 0.889 bits per heavy atom. The zero-order valence-electron chi connectivity index (χ0n) is 15.9. The summed E-state index contributed by atoms with van der Waals surface area (Å²) in [6, 6.07) is -2.63. The highest BCUT2D eigenvalue weighted by atomic mass is 16.6. The number of aliphatic hydroxyl groups excluding tert-OH is 2. The van der Waals surface area contributed by atoms with Gasteiger partial charge in [0.15, 0.2) is 0 Å². The van der Waals surface area contributed by atoms with Crippen LogP contribution in [0.3, 0.4) is 0 Å². The van der Waals surface area contributed by atoms with Crippen molar-refractivity contribution in [3.05, 3.63) is 32.4 Å². The van der Waals surface area contributed by atoms with Crippen LogP contribution in [0.15, 0.2) is 12.2 Å². The van der Waals surface area contributed by atoms with Crippen LogP contribution < -0.4 is 0 Å². The molecule has 0 aromatic rings. The van der Waals surface area contributed by atoms with E-state index in [0.717, 1.165) is 32.0 Å². The molecule has 0 aliphatic carbocycles. The van der Waals surface area contributed by atoms with Crippen molar-refractivity contribution >= 4 is 6.29 Å². The average Bonchev–Trinajstić information content (AvgIpc) is 2.60. The number of carbonyl (C=O) groups excluding carboxylic acids is 1. The summed E-state index contributed by atoms with van der Waals surface area (Å²) >= 11 is 0. The number of hydrogen-bond donors (Lipinski definition) is 2. The zero-order chi connectivity index (χ0) is 20.7. The second kappa shape index (κ2) is 15.2. The van der Waals surface area contributed by atoms with Crippen molar-refractivity contribution in [3.8, 4) is 0 Å². The summed E-state index contributed by atoms with van der Waals surface area (Å²) < 4.78 is 0. The number of nitrogens with zero attached hydrogens (tertiary/aromatic N) is 2. The lowest BCUT2D eigenvalue weighted by Crippen LogP contribution is -2.41. The predicted molar refractivity (Wildman–Crippen MR) is 101 cm³/mol. The number of aldehydes is 1. The molecule has 0 rings (SSSR count). The molecule has 156 valence electrons. The number of unbranched alkanes of at least 4 members (excludes halogenated alkanes) is 5. The van der Waals surface area contributed by atoms with E-state index in [1.54, 1.807) is 6.08 Å². The molecule has 0 saturated carbocycles. The fraction of sp³-hybridized carbons (Fsp3) is 0.833. The zero-order valence-corrected chi connectivity index (χ0v) is 15.9. The smallest absolute Gasteiger partial charge is 0.242 e. The number of allylic oxidation sites excluding steroid dienone is 1. The van der Waals surface area contributed by atoms with Crippen LogP contribution in [0.25, 0.3) is 0 Å². The Labute approximate surface area is 159 Å². The molecule has 0 aliphatic heterocycles. The minimum absolute atomic E-state index is 0.00940. The van der Waals surface area contributed by atoms with E-state index >= 15 is 0 Å². The highest BCUT2D eigenvalue weighted by Gasteiger charge is 2.36. The largest absolute Gasteiger partial charge is 0.386 e. The van der Waals surface area contributed by atoms with Crippen molar-refractivity contribution in [1.29, 1.82) is 0 Å². The van der Waals surface area contributed by atoms with Crippen LogP contribution in [0.1, 0.15) is 71.1 Å². The van der Waals surface area contributed by atoms with E-state index in [0.29, 0.717) is 12.8 Å². The average molecular weight is 388 g/mol. The maximum Gasteiger partial charge on any atom is 0.242 e. The second-order valence-electron chi connectivity index (χ2n) is 6.73. The molecule has 0 bridgehead atoms. The van der Waals surface area contributed by atoms with Crippen molar-refractivity contribution in [2.75, 3.05) is 0 Å². The van der Waals surface area contributed by atoms with Crippen LogP contribution in [0.5, 0.6) is 0 Å². The fourth-order valence-electron chi connectivity index (χ4n) is 2.83. The molecule has 0 amide bonds. The second-order valence-corrected chi connectivity index (χ2v) is 6.73. The van der Waals surface area contributed by atoms with Gasteiger partial charge in [-0.2, -0.15) is 0 Å². The summed E-state index contributed by atoms with van der Waals surface area (Å²) in [7, 11) is 0. The molecular formula is C18H32N2O7. The van der Waals surface area contributed by atoms with E-state index in [4.69, 9.17) is 0 Å². The molecule has 0 heterocycles. The first-order valence-corrected chi connectivity index (χ1v) is 9.56. The van der Waals surface area contributed by atoms with Gasteiger partial charge in [0.2, 0.25) is 12.1 Å². The highest BCUT2D eigenvalue weighted by Crippen LogP contribution is 2.17. The monoisotopic (exact) mass is 388 g/mol. The molecule has 0 spiro atoms. The van der Waals surface area contributed by atoms with Gasteiger partial charge < -0.3 is 15.0 Å². The van der Waals surface area contributed by atoms with Gasteiger partial charge in [0, 0.05) is 35.5 Å². The van der Waals surface area contributed by atoms with Crippen molar-refractivity contribution in [2.24, 2.45) is 0 Å². The standard InChI is InChI=1S/C18H32N2O7/c1-2-3-4-5-6-8-11-15(19(24)25)17(22)14-18(23)16(20(26)27)12-9-7-10-13-21/h6,8,13,15-18,22-23H,2-5,7,9-12,14H2,1H3/b8-6-. The predicted octanol–water partition coefficient (Wildman–Crippen LogP) is 2.67. The number of rotatable bonds is 17. The maximum absolute atomic E-state index is 11.2. The quantitative estimate of drug-likeness (QED) is 0.128. The van der Waals surface area contributed by atoms with Crippen LogP contribution in [0, 0.1) is 20.2 Å². The molecule has 0 radical (unpaired) electrons. The normalized spacial score (nSPS) is 16.0. The molecule has 9 heteroatoms. The molecule has 9 nitrogen and oxygen atoms in total. The van der Waals surface area contributed by atoms with Gasteiger partial charge in [0.1, 0.15) is 18.5 Å². The summed E-state index contributed by atoms with van der Waals surface area (Å²) in [5.41, 5.74) is 0. The Morgan fingerprint density at radius 3 is 2.04 bits per heavy atom. The number of aliphatic hydroxyl groups is 2. The number of carbonyl (C=O) groups is 1. The first kappa shape index (κ1) is 25.1. The van der Waals surface area contributed by atoms with Crippen molar-refractivity contribution in [2.45, 2.75) is 95.4 Å². The van der Waals surface area contributed by atoms with Gasteiger partial charge in [-0.3, -0.25) is 20.2 Å². The van der Waals surface area contributed by atoms with Gasteiger partial charge in [0.05, 0.1) is 0 Å². The minimum atomic E-state index is -1.48. The lowest BCUT2D eigenvalue weighted by atomic mass is 9.95. The summed E-state index contributed by atoms with van der Waals surface area (Å²) in [5, 5.41) is 42.6. The Balaban J connectivity index is 4.63. The lowest BCUT2D eigenvalue weighted by Gasteiger charge is -2.20. The van der Waals surface area contributed by atoms with Gasteiger partial charge >= 0.3 is 0 Å². The van der Waals surface area contributed by atoms with E-state index in [-0.39, 0.29) is 19.3 Å². The maximum atomic E-state index is 11.2. The Morgan fingerprint density at radius 2 is 1.48 bits per heavy atom. The molecule has 27 heavy (non-hydrogen) atoms. The van der Waals surface area contributed by atoms with Crippen LogP contribution >= 0.6 is 0 Å². The number of nitro groups is 2. The molecule has 0 aliphatic rings. The third-order valence-electron chi connectivity index (χ3n) is 4.50. The van der Waals surface area contributed by atoms with Crippen molar-refractivity contribution in [3.63, 3.8) is 0 Å². The van der Waals surface area contributed by atoms with Crippen LogP contribution in [-0.4, -0.2) is 50.6 Å². The Bertz CT molecular complexity index is 471. The molecular weight excluding hydrogens is 356 g/mol. The molecule has 0 aromatic heterocycles. The third kappa shape index (κ3) is 11.4. The van der Waals surface area contributed by atoms with Crippen LogP contribution in [0.2, 0.25) is 0 Å². The fourth-order valence-corrected chi connectivity index (χ4v) is 2.83. The Kier molecular flexibility index (Phi) is 14.2. The first-order chi connectivity index (χ1) is 12.8. The molecule has 0 fully saturated rings. The molecule has 2 N–H and O–H groups in total. The first-order valence-electron chi connectivity index (χ1n) is 9.56. The molecule has 4 atom stereocenters. The molecule has 0 saturated heterocycles. The van der Waals surface area contributed by atoms with E-state index in [2.05, 4.69) is 6.92 Å².